The van der Waals surface area contributed by atoms with Crippen molar-refractivity contribution in [2.24, 2.45) is 17.3 Å². The van der Waals surface area contributed by atoms with Gasteiger partial charge in [0.1, 0.15) is 5.54 Å². The smallest absolute Gasteiger partial charge is 0.250 e. The van der Waals surface area contributed by atoms with Crippen LogP contribution >= 0.6 is 0 Å². The summed E-state index contributed by atoms with van der Waals surface area (Å²) in [6.07, 6.45) is 3.19. The number of hydrogen-bond acceptors (Lipinski definition) is 4. The average Bonchev–Trinajstić information content (AvgIpc) is 2.84. The maximum atomic E-state index is 13.4. The standard InChI is InChI=1S/C22H28N2O3/c1-21(2)15-10-11-16(17(21)12-15)22(3)19(26)24(20(27)23(22)4)13-18(25)14-8-6-5-7-9-14/h5-9,11,15,17,20,27H,10,12-13H2,1-4H3. The number of nitrogens with zero attached hydrogens (tertiary/aromatic N) is 2. The first-order chi connectivity index (χ1) is 12.7. The van der Waals surface area contributed by atoms with Crippen LogP contribution in [0.3, 0.4) is 0 Å². The third-order valence-corrected chi connectivity index (χ3v) is 7.45. The largest absolute Gasteiger partial charge is 0.361 e. The molecule has 1 saturated carbocycles. The highest BCUT2D eigenvalue weighted by Gasteiger charge is 2.62. The number of carbonyl (C=O) groups excluding carboxylic acids is 2. The summed E-state index contributed by atoms with van der Waals surface area (Å²) >= 11 is 0. The van der Waals surface area contributed by atoms with Crippen molar-refractivity contribution in [2.75, 3.05) is 13.6 Å². The highest BCUT2D eigenvalue weighted by molar-refractivity contribution is 6.01. The Kier molecular flexibility index (Phi) is 4.09. The van der Waals surface area contributed by atoms with E-state index in [0.29, 0.717) is 17.4 Å². The number of Topliss-reactive ketones (excluding diaryl/α,β-unsaturated/α-hetero) is 1. The Labute approximate surface area is 160 Å². The molecule has 3 aliphatic carbocycles. The lowest BCUT2D eigenvalue weighted by Gasteiger charge is -2.59. The van der Waals surface area contributed by atoms with Crippen LogP contribution < -0.4 is 0 Å². The molecule has 4 aliphatic rings. The van der Waals surface area contributed by atoms with Crippen LogP contribution in [-0.2, 0) is 4.79 Å². The predicted molar refractivity (Wildman–Crippen MR) is 103 cm³/mol. The van der Waals surface area contributed by atoms with Gasteiger partial charge in [-0.15, -0.1) is 0 Å². The minimum absolute atomic E-state index is 0.117. The van der Waals surface area contributed by atoms with Gasteiger partial charge < -0.3 is 5.11 Å². The number of allylic oxidation sites excluding steroid dienone is 1. The summed E-state index contributed by atoms with van der Waals surface area (Å²) in [6.45, 7) is 6.32. The molecule has 2 bridgehead atoms. The molecule has 1 heterocycles. The molecule has 1 aliphatic heterocycles. The van der Waals surface area contributed by atoms with E-state index in [1.807, 2.05) is 13.0 Å². The second-order valence-electron chi connectivity index (χ2n) is 8.95. The molecule has 0 spiro atoms. The van der Waals surface area contributed by atoms with E-state index in [1.165, 1.54) is 4.90 Å². The van der Waals surface area contributed by atoms with Gasteiger partial charge in [-0.1, -0.05) is 50.3 Å². The second kappa shape index (κ2) is 6.01. The molecule has 5 heteroatoms. The Balaban J connectivity index is 1.62. The van der Waals surface area contributed by atoms with E-state index in [0.717, 1.165) is 18.4 Å². The van der Waals surface area contributed by atoms with Gasteiger partial charge >= 0.3 is 0 Å². The van der Waals surface area contributed by atoms with Gasteiger partial charge in [-0.05, 0) is 49.6 Å². The maximum Gasteiger partial charge on any atom is 0.250 e. The quantitative estimate of drug-likeness (QED) is 0.656. The predicted octanol–water partition coefficient (Wildman–Crippen LogP) is 2.67. The zero-order valence-corrected chi connectivity index (χ0v) is 16.5. The van der Waals surface area contributed by atoms with Crippen molar-refractivity contribution in [2.45, 2.75) is 45.5 Å². The zero-order valence-electron chi connectivity index (χ0n) is 16.5. The Morgan fingerprint density at radius 1 is 1.22 bits per heavy atom. The van der Waals surface area contributed by atoms with E-state index < -0.39 is 11.9 Å². The van der Waals surface area contributed by atoms with Crippen molar-refractivity contribution in [3.63, 3.8) is 0 Å². The molecule has 1 aromatic carbocycles. The number of aliphatic hydroxyl groups excluding tert-OH is 1. The molecule has 144 valence electrons. The number of amides is 1. The van der Waals surface area contributed by atoms with Crippen LogP contribution in [0.5, 0.6) is 0 Å². The fourth-order valence-electron chi connectivity index (χ4n) is 5.22. The molecule has 4 unspecified atom stereocenters. The van der Waals surface area contributed by atoms with Gasteiger partial charge in [0.15, 0.2) is 12.1 Å². The van der Waals surface area contributed by atoms with Crippen molar-refractivity contribution in [3.8, 4) is 0 Å². The van der Waals surface area contributed by atoms with Crippen molar-refractivity contribution in [1.29, 1.82) is 0 Å². The molecule has 2 fully saturated rings. The van der Waals surface area contributed by atoms with Gasteiger partial charge in [0.25, 0.3) is 5.91 Å². The number of carbonyl (C=O) groups is 2. The first-order valence-electron chi connectivity index (χ1n) is 9.70. The summed E-state index contributed by atoms with van der Waals surface area (Å²) in [4.78, 5) is 29.1. The Morgan fingerprint density at radius 3 is 2.48 bits per heavy atom. The minimum Gasteiger partial charge on any atom is -0.361 e. The van der Waals surface area contributed by atoms with Crippen LogP contribution in [0.25, 0.3) is 0 Å². The molecule has 1 aromatic rings. The summed E-state index contributed by atoms with van der Waals surface area (Å²) in [5, 5.41) is 10.8. The molecule has 0 aromatic heterocycles. The van der Waals surface area contributed by atoms with E-state index in [4.69, 9.17) is 0 Å². The SMILES string of the molecule is CN1C(O)N(CC(=O)c2ccccc2)C(=O)C1(C)C1=CCC2CC1C2(C)C. The lowest BCUT2D eigenvalue weighted by molar-refractivity contribution is -0.135. The highest BCUT2D eigenvalue weighted by atomic mass is 16.3. The number of hydrogen-bond donors (Lipinski definition) is 1. The summed E-state index contributed by atoms with van der Waals surface area (Å²) in [6, 6.07) is 8.92. The van der Waals surface area contributed by atoms with E-state index in [2.05, 4.69) is 19.9 Å². The van der Waals surface area contributed by atoms with Crippen LogP contribution in [0.15, 0.2) is 42.0 Å². The number of fused-ring (bicyclic) bond motifs is 1. The van der Waals surface area contributed by atoms with Gasteiger partial charge in [0.05, 0.1) is 6.54 Å². The summed E-state index contributed by atoms with van der Waals surface area (Å²) in [7, 11) is 1.77. The fraction of sp³-hybridized carbons (Fsp3) is 0.545. The summed E-state index contributed by atoms with van der Waals surface area (Å²) < 4.78 is 0. The minimum atomic E-state index is -1.10. The average molecular weight is 368 g/mol. The van der Waals surface area contributed by atoms with Gasteiger partial charge in [-0.3, -0.25) is 14.5 Å². The van der Waals surface area contributed by atoms with E-state index in [-0.39, 0.29) is 23.7 Å². The molecule has 5 rings (SSSR count). The summed E-state index contributed by atoms with van der Waals surface area (Å²) in [5.74, 6) is 0.679. The third-order valence-electron chi connectivity index (χ3n) is 7.45. The fourth-order valence-corrected chi connectivity index (χ4v) is 5.22. The van der Waals surface area contributed by atoms with Crippen LogP contribution in [0, 0.1) is 17.3 Å². The first-order valence-corrected chi connectivity index (χ1v) is 9.70. The number of aliphatic hydroxyl groups is 1. The molecule has 1 saturated heterocycles. The molecule has 5 nitrogen and oxygen atoms in total. The number of rotatable bonds is 4. The van der Waals surface area contributed by atoms with Gasteiger partial charge in [0.2, 0.25) is 0 Å². The monoisotopic (exact) mass is 368 g/mol. The van der Waals surface area contributed by atoms with Crippen LogP contribution in [0.4, 0.5) is 0 Å². The molecular weight excluding hydrogens is 340 g/mol. The molecule has 1 N–H and O–H groups in total. The highest BCUT2D eigenvalue weighted by Crippen LogP contribution is 2.62. The Morgan fingerprint density at radius 2 is 1.89 bits per heavy atom. The van der Waals surface area contributed by atoms with Crippen LogP contribution in [0.1, 0.15) is 44.0 Å². The third kappa shape index (κ3) is 2.44. The van der Waals surface area contributed by atoms with E-state index in [9.17, 15) is 14.7 Å². The number of benzene rings is 1. The number of ketones is 1. The second-order valence-corrected chi connectivity index (χ2v) is 8.95. The van der Waals surface area contributed by atoms with Crippen molar-refractivity contribution < 1.29 is 14.7 Å². The number of likely N-dealkylation sites (N-methyl/N-ethyl adjacent to an activating group) is 1. The van der Waals surface area contributed by atoms with Crippen molar-refractivity contribution >= 4 is 11.7 Å². The van der Waals surface area contributed by atoms with Crippen LogP contribution in [-0.4, -0.2) is 52.1 Å². The Bertz CT molecular complexity index is 816. The molecule has 27 heavy (non-hydrogen) atoms. The maximum absolute atomic E-state index is 13.4. The van der Waals surface area contributed by atoms with Crippen molar-refractivity contribution in [1.82, 2.24) is 9.80 Å². The first kappa shape index (κ1) is 18.4. The van der Waals surface area contributed by atoms with Crippen molar-refractivity contribution in [3.05, 3.63) is 47.5 Å². The Hall–Kier alpha value is -1.98. The van der Waals surface area contributed by atoms with E-state index in [1.54, 1.807) is 36.2 Å². The van der Waals surface area contributed by atoms with Gasteiger partial charge in [0, 0.05) is 5.56 Å². The lowest BCUT2D eigenvalue weighted by atomic mass is 9.47. The van der Waals surface area contributed by atoms with Gasteiger partial charge in [-0.25, -0.2) is 4.90 Å². The van der Waals surface area contributed by atoms with E-state index >= 15 is 0 Å². The zero-order chi connectivity index (χ0) is 19.6. The lowest BCUT2D eigenvalue weighted by Crippen LogP contribution is -2.57. The molecule has 4 atom stereocenters. The van der Waals surface area contributed by atoms with Gasteiger partial charge in [-0.2, -0.15) is 0 Å². The molecule has 0 radical (unpaired) electrons. The summed E-state index contributed by atoms with van der Waals surface area (Å²) in [5.41, 5.74) is 0.945. The normalized spacial score (nSPS) is 35.0. The van der Waals surface area contributed by atoms with Crippen LogP contribution in [0.2, 0.25) is 0 Å². The topological polar surface area (TPSA) is 60.9 Å². The molecule has 1 amide bonds. The molecular formula is C22H28N2O3.